The Kier molecular flexibility index (Phi) is 18.1. The molecule has 0 rings (SSSR count). The Morgan fingerprint density at radius 1 is 0.435 bits per heavy atom. The molecule has 0 unspecified atom stereocenters. The van der Waals surface area contributed by atoms with Crippen LogP contribution in [0.3, 0.4) is 0 Å². The van der Waals surface area contributed by atoms with E-state index in [9.17, 15) is 0 Å². The molecule has 0 spiro atoms. The fourth-order valence-electron chi connectivity index (χ4n) is 2.68. The summed E-state index contributed by atoms with van der Waals surface area (Å²) in [5.41, 5.74) is 0. The number of ether oxygens (including phenoxy) is 4. The zero-order chi connectivity index (χ0) is 17.2. The lowest BCUT2D eigenvalue weighted by Crippen LogP contribution is -2.17. The lowest BCUT2D eigenvalue weighted by molar-refractivity contribution is -0.140. The van der Waals surface area contributed by atoms with E-state index in [1.165, 1.54) is 44.9 Å². The average molecular weight is 333 g/mol. The van der Waals surface area contributed by atoms with E-state index < -0.39 is 0 Å². The third kappa shape index (κ3) is 15.1. The van der Waals surface area contributed by atoms with Gasteiger partial charge in [0.25, 0.3) is 0 Å². The molecule has 0 aliphatic heterocycles. The molecule has 0 aromatic carbocycles. The first-order chi connectivity index (χ1) is 11.3. The maximum absolute atomic E-state index is 5.56. The highest BCUT2D eigenvalue weighted by molar-refractivity contribution is 4.52. The molecule has 23 heavy (non-hydrogen) atoms. The van der Waals surface area contributed by atoms with Crippen molar-refractivity contribution >= 4 is 0 Å². The summed E-state index contributed by atoms with van der Waals surface area (Å²) < 4.78 is 22.2. The van der Waals surface area contributed by atoms with Crippen molar-refractivity contribution in [1.82, 2.24) is 0 Å². The van der Waals surface area contributed by atoms with Crippen molar-refractivity contribution in [3.63, 3.8) is 0 Å². The molecule has 0 amide bonds. The molecule has 0 aromatic rings. The quantitative estimate of drug-likeness (QED) is 0.252. The van der Waals surface area contributed by atoms with Gasteiger partial charge in [-0.15, -0.1) is 0 Å². The average Bonchev–Trinajstić information content (AvgIpc) is 2.54. The molecule has 0 radical (unpaired) electrons. The monoisotopic (exact) mass is 332 g/mol. The number of unbranched alkanes of at least 4 members (excludes halogenated alkanes) is 6. The van der Waals surface area contributed by atoms with Gasteiger partial charge in [0.1, 0.15) is 0 Å². The van der Waals surface area contributed by atoms with Crippen molar-refractivity contribution in [2.75, 3.05) is 26.4 Å². The Hall–Kier alpha value is -0.160. The fraction of sp³-hybridized carbons (Fsp3) is 1.00. The summed E-state index contributed by atoms with van der Waals surface area (Å²) in [6, 6.07) is 0. The van der Waals surface area contributed by atoms with E-state index in [1.807, 2.05) is 27.7 Å². The maximum Gasteiger partial charge on any atom is 0.157 e. The van der Waals surface area contributed by atoms with E-state index in [-0.39, 0.29) is 12.6 Å². The molecule has 0 aromatic heterocycles. The van der Waals surface area contributed by atoms with Crippen LogP contribution in [0.25, 0.3) is 0 Å². The molecule has 0 bridgehead atoms. The highest BCUT2D eigenvalue weighted by atomic mass is 16.7. The lowest BCUT2D eigenvalue weighted by atomic mass is 10.1. The van der Waals surface area contributed by atoms with Crippen LogP contribution in [0.15, 0.2) is 0 Å². The van der Waals surface area contributed by atoms with Gasteiger partial charge in [0.15, 0.2) is 12.6 Å². The van der Waals surface area contributed by atoms with Crippen molar-refractivity contribution in [3.05, 3.63) is 0 Å². The van der Waals surface area contributed by atoms with Gasteiger partial charge in [-0.05, 0) is 53.4 Å². The van der Waals surface area contributed by atoms with Crippen LogP contribution in [0.5, 0.6) is 0 Å². The summed E-state index contributed by atoms with van der Waals surface area (Å²) in [6.07, 6.45) is 10.9. The van der Waals surface area contributed by atoms with Crippen LogP contribution in [0.4, 0.5) is 0 Å². The zero-order valence-corrected chi connectivity index (χ0v) is 16.0. The maximum atomic E-state index is 5.56. The van der Waals surface area contributed by atoms with Crippen molar-refractivity contribution in [2.45, 2.75) is 98.1 Å². The van der Waals surface area contributed by atoms with Gasteiger partial charge in [-0.1, -0.05) is 32.1 Å². The molecule has 0 saturated heterocycles. The second-order valence-electron chi connectivity index (χ2n) is 5.73. The standard InChI is InChI=1S/C19H40O4/c1-5-20-18(21-6-2)16-14-12-10-9-11-13-15-17-19(22-7-3)23-8-4/h18-19H,5-17H2,1-4H3. The molecule has 0 heterocycles. The Balaban J connectivity index is 3.41. The highest BCUT2D eigenvalue weighted by Gasteiger charge is 2.08. The minimum absolute atomic E-state index is 0.000866. The van der Waals surface area contributed by atoms with E-state index in [1.54, 1.807) is 0 Å². The molecule has 0 atom stereocenters. The van der Waals surface area contributed by atoms with Gasteiger partial charge in [0.05, 0.1) is 0 Å². The van der Waals surface area contributed by atoms with Crippen LogP contribution >= 0.6 is 0 Å². The smallest absolute Gasteiger partial charge is 0.157 e. The van der Waals surface area contributed by atoms with E-state index in [0.717, 1.165) is 39.3 Å². The minimum Gasteiger partial charge on any atom is -0.353 e. The molecule has 140 valence electrons. The second-order valence-corrected chi connectivity index (χ2v) is 5.73. The van der Waals surface area contributed by atoms with Gasteiger partial charge in [-0.3, -0.25) is 0 Å². The minimum atomic E-state index is -0.000866. The van der Waals surface area contributed by atoms with Gasteiger partial charge >= 0.3 is 0 Å². The topological polar surface area (TPSA) is 36.9 Å². The molecule has 0 aliphatic carbocycles. The first-order valence-electron chi connectivity index (χ1n) is 9.74. The molecule has 0 N–H and O–H groups in total. The van der Waals surface area contributed by atoms with E-state index in [0.29, 0.717) is 0 Å². The third-order valence-corrected chi connectivity index (χ3v) is 3.79. The molecule has 0 saturated carbocycles. The summed E-state index contributed by atoms with van der Waals surface area (Å²) in [6.45, 7) is 11.0. The third-order valence-electron chi connectivity index (χ3n) is 3.79. The summed E-state index contributed by atoms with van der Waals surface area (Å²) in [4.78, 5) is 0. The molecule has 0 fully saturated rings. The summed E-state index contributed by atoms with van der Waals surface area (Å²) in [5.74, 6) is 0. The Morgan fingerprint density at radius 3 is 0.957 bits per heavy atom. The largest absolute Gasteiger partial charge is 0.353 e. The van der Waals surface area contributed by atoms with E-state index >= 15 is 0 Å². The van der Waals surface area contributed by atoms with Crippen molar-refractivity contribution in [3.8, 4) is 0 Å². The molecule has 0 aliphatic rings. The Labute approximate surface area is 144 Å². The summed E-state index contributed by atoms with van der Waals surface area (Å²) >= 11 is 0. The second kappa shape index (κ2) is 18.2. The number of rotatable bonds is 18. The van der Waals surface area contributed by atoms with E-state index in [4.69, 9.17) is 18.9 Å². The fourth-order valence-corrected chi connectivity index (χ4v) is 2.68. The number of hydrogen-bond acceptors (Lipinski definition) is 4. The summed E-state index contributed by atoms with van der Waals surface area (Å²) in [5, 5.41) is 0. The SMILES string of the molecule is CCOC(CCCCCCCCCC(OCC)OCC)OCC. The van der Waals surface area contributed by atoms with Gasteiger partial charge < -0.3 is 18.9 Å². The van der Waals surface area contributed by atoms with Crippen LogP contribution in [0, 0.1) is 0 Å². The molecular weight excluding hydrogens is 292 g/mol. The summed E-state index contributed by atoms with van der Waals surface area (Å²) in [7, 11) is 0. The molecule has 4 heteroatoms. The first-order valence-corrected chi connectivity index (χ1v) is 9.74. The number of hydrogen-bond donors (Lipinski definition) is 0. The van der Waals surface area contributed by atoms with Crippen LogP contribution in [0.2, 0.25) is 0 Å². The van der Waals surface area contributed by atoms with Crippen molar-refractivity contribution in [2.24, 2.45) is 0 Å². The first kappa shape index (κ1) is 22.8. The zero-order valence-electron chi connectivity index (χ0n) is 16.0. The lowest BCUT2D eigenvalue weighted by Gasteiger charge is -2.17. The van der Waals surface area contributed by atoms with Gasteiger partial charge in [0, 0.05) is 26.4 Å². The van der Waals surface area contributed by atoms with Crippen LogP contribution in [0.1, 0.15) is 85.5 Å². The van der Waals surface area contributed by atoms with Crippen molar-refractivity contribution in [1.29, 1.82) is 0 Å². The van der Waals surface area contributed by atoms with Gasteiger partial charge in [0.2, 0.25) is 0 Å². The molecule has 4 nitrogen and oxygen atoms in total. The van der Waals surface area contributed by atoms with Crippen LogP contribution < -0.4 is 0 Å². The highest BCUT2D eigenvalue weighted by Crippen LogP contribution is 2.14. The normalized spacial score (nSPS) is 11.7. The van der Waals surface area contributed by atoms with Crippen LogP contribution in [-0.4, -0.2) is 39.0 Å². The Morgan fingerprint density at radius 2 is 0.696 bits per heavy atom. The van der Waals surface area contributed by atoms with Crippen molar-refractivity contribution < 1.29 is 18.9 Å². The Bertz CT molecular complexity index is 189. The van der Waals surface area contributed by atoms with Gasteiger partial charge in [-0.2, -0.15) is 0 Å². The van der Waals surface area contributed by atoms with Gasteiger partial charge in [-0.25, -0.2) is 0 Å². The predicted molar refractivity (Wildman–Crippen MR) is 95.6 cm³/mol. The predicted octanol–water partition coefficient (Wildman–Crippen LogP) is 5.30. The van der Waals surface area contributed by atoms with Crippen LogP contribution in [-0.2, 0) is 18.9 Å². The van der Waals surface area contributed by atoms with E-state index in [2.05, 4.69) is 0 Å². The molecular formula is C19H40O4.